The van der Waals surface area contributed by atoms with E-state index >= 15 is 0 Å². The highest BCUT2D eigenvalue weighted by molar-refractivity contribution is 7.15. The van der Waals surface area contributed by atoms with Gasteiger partial charge in [-0.2, -0.15) is 0 Å². The summed E-state index contributed by atoms with van der Waals surface area (Å²) in [6.07, 6.45) is 0. The zero-order valence-electron chi connectivity index (χ0n) is 24.0. The maximum absolute atomic E-state index is 5.06. The van der Waals surface area contributed by atoms with E-state index in [-0.39, 0.29) is 5.92 Å². The molecule has 2 aromatic carbocycles. The van der Waals surface area contributed by atoms with Crippen molar-refractivity contribution in [3.05, 3.63) is 69.2 Å². The van der Waals surface area contributed by atoms with Crippen molar-refractivity contribution >= 4 is 27.8 Å². The van der Waals surface area contributed by atoms with E-state index in [1.54, 1.807) is 0 Å². The summed E-state index contributed by atoms with van der Waals surface area (Å²) in [5, 5.41) is 1.13. The van der Waals surface area contributed by atoms with Crippen LogP contribution in [0.25, 0.3) is 0 Å². The van der Waals surface area contributed by atoms with Crippen LogP contribution in [-0.4, -0.2) is 44.3 Å². The number of anilines is 3. The fourth-order valence-corrected chi connectivity index (χ4v) is 6.61. The molecule has 5 heteroatoms. The molecule has 0 aliphatic rings. The standard InChI is InChI=1S/C31H46N4S/c1-10-33(11-2)25-16-18-27(22(7)20-25)29(30-24(9)32-31(36-30)35(14-5)15-6)28-19-17-26(21-23(28)8)34(12-3)13-4/h16-21,29H,10-15H2,1-9H3. The number of hydrogen-bond donors (Lipinski definition) is 0. The van der Waals surface area contributed by atoms with Crippen molar-refractivity contribution in [2.45, 2.75) is 68.2 Å². The molecule has 0 saturated carbocycles. The first-order chi connectivity index (χ1) is 17.3. The highest BCUT2D eigenvalue weighted by Crippen LogP contribution is 2.43. The Bertz CT molecular complexity index is 1060. The molecule has 0 saturated heterocycles. The molecule has 196 valence electrons. The van der Waals surface area contributed by atoms with Crippen molar-refractivity contribution < 1.29 is 0 Å². The van der Waals surface area contributed by atoms with Crippen LogP contribution < -0.4 is 14.7 Å². The summed E-state index contributed by atoms with van der Waals surface area (Å²) in [6.45, 7) is 26.1. The van der Waals surface area contributed by atoms with Crippen molar-refractivity contribution in [1.82, 2.24) is 4.98 Å². The molecule has 0 amide bonds. The van der Waals surface area contributed by atoms with Gasteiger partial charge in [-0.05, 0) is 109 Å². The molecule has 0 bridgehead atoms. The Hall–Kier alpha value is -2.53. The van der Waals surface area contributed by atoms with Crippen molar-refractivity contribution in [3.8, 4) is 0 Å². The van der Waals surface area contributed by atoms with Gasteiger partial charge < -0.3 is 14.7 Å². The van der Waals surface area contributed by atoms with Gasteiger partial charge in [0.25, 0.3) is 0 Å². The van der Waals surface area contributed by atoms with Crippen LogP contribution in [0.1, 0.15) is 80.3 Å². The van der Waals surface area contributed by atoms with Gasteiger partial charge in [-0.25, -0.2) is 4.98 Å². The number of rotatable bonds is 12. The predicted molar refractivity (Wildman–Crippen MR) is 161 cm³/mol. The van der Waals surface area contributed by atoms with Gasteiger partial charge in [-0.3, -0.25) is 0 Å². The first-order valence-electron chi connectivity index (χ1n) is 13.8. The number of hydrogen-bond acceptors (Lipinski definition) is 5. The van der Waals surface area contributed by atoms with Crippen LogP contribution in [0.4, 0.5) is 16.5 Å². The molecule has 3 aromatic rings. The zero-order valence-corrected chi connectivity index (χ0v) is 24.8. The van der Waals surface area contributed by atoms with E-state index in [0.717, 1.165) is 50.1 Å². The molecule has 36 heavy (non-hydrogen) atoms. The molecule has 0 spiro atoms. The monoisotopic (exact) mass is 506 g/mol. The number of aromatic nitrogens is 1. The van der Waals surface area contributed by atoms with Gasteiger partial charge in [0.15, 0.2) is 5.13 Å². The van der Waals surface area contributed by atoms with Crippen LogP contribution in [0.15, 0.2) is 36.4 Å². The maximum Gasteiger partial charge on any atom is 0.185 e. The Morgan fingerprint density at radius 3 is 1.42 bits per heavy atom. The minimum atomic E-state index is 0.170. The van der Waals surface area contributed by atoms with Crippen LogP contribution in [0.5, 0.6) is 0 Å². The second-order valence-corrected chi connectivity index (χ2v) is 10.5. The molecule has 0 radical (unpaired) electrons. The van der Waals surface area contributed by atoms with Crippen molar-refractivity contribution in [2.75, 3.05) is 54.0 Å². The quantitative estimate of drug-likeness (QED) is 0.250. The van der Waals surface area contributed by atoms with Gasteiger partial charge >= 0.3 is 0 Å². The van der Waals surface area contributed by atoms with E-state index in [1.807, 2.05) is 11.3 Å². The Balaban J connectivity index is 2.20. The summed E-state index contributed by atoms with van der Waals surface area (Å²) < 4.78 is 0. The highest BCUT2D eigenvalue weighted by Gasteiger charge is 2.27. The second kappa shape index (κ2) is 12.6. The molecule has 0 N–H and O–H groups in total. The average molecular weight is 507 g/mol. The van der Waals surface area contributed by atoms with E-state index in [1.165, 1.54) is 38.5 Å². The van der Waals surface area contributed by atoms with E-state index in [9.17, 15) is 0 Å². The molecule has 1 aromatic heterocycles. The van der Waals surface area contributed by atoms with Gasteiger partial charge in [0, 0.05) is 61.4 Å². The fourth-order valence-electron chi connectivity index (χ4n) is 5.28. The summed E-state index contributed by atoms with van der Waals surface area (Å²) in [6, 6.07) is 14.1. The Labute approximate surface area is 224 Å². The molecule has 1 heterocycles. The van der Waals surface area contributed by atoms with Gasteiger partial charge in [0.2, 0.25) is 0 Å². The molecule has 0 unspecified atom stereocenters. The molecular formula is C31H46N4S. The molecule has 0 atom stereocenters. The average Bonchev–Trinajstić information content (AvgIpc) is 3.24. The highest BCUT2D eigenvalue weighted by atomic mass is 32.1. The molecular weight excluding hydrogens is 460 g/mol. The summed E-state index contributed by atoms with van der Waals surface area (Å²) in [5.41, 5.74) is 9.19. The molecule has 4 nitrogen and oxygen atoms in total. The third-order valence-electron chi connectivity index (χ3n) is 7.50. The van der Waals surface area contributed by atoms with E-state index in [2.05, 4.69) is 113 Å². The zero-order chi connectivity index (χ0) is 26.4. The fraction of sp³-hybridized carbons (Fsp3) is 0.516. The van der Waals surface area contributed by atoms with E-state index < -0.39 is 0 Å². The lowest BCUT2D eigenvalue weighted by atomic mass is 9.84. The molecule has 3 rings (SSSR count). The minimum Gasteiger partial charge on any atom is -0.372 e. The third kappa shape index (κ3) is 5.72. The maximum atomic E-state index is 5.06. The first-order valence-corrected chi connectivity index (χ1v) is 14.6. The second-order valence-electron chi connectivity index (χ2n) is 9.48. The SMILES string of the molecule is CCN(CC)c1ccc(C(c2ccc(N(CC)CC)cc2C)c2sc(N(CC)CC)nc2C)c(C)c1. The predicted octanol–water partition coefficient (Wildman–Crippen LogP) is 7.79. The molecule has 0 aliphatic heterocycles. The number of aryl methyl sites for hydroxylation is 3. The van der Waals surface area contributed by atoms with Gasteiger partial charge in [-0.15, -0.1) is 11.3 Å². The van der Waals surface area contributed by atoms with Gasteiger partial charge in [-0.1, -0.05) is 12.1 Å². The Morgan fingerprint density at radius 2 is 1.06 bits per heavy atom. The Morgan fingerprint density at radius 1 is 0.639 bits per heavy atom. The van der Waals surface area contributed by atoms with Crippen molar-refractivity contribution in [3.63, 3.8) is 0 Å². The Kier molecular flexibility index (Phi) is 9.84. The normalized spacial score (nSPS) is 11.3. The number of thiazole rings is 1. The van der Waals surface area contributed by atoms with E-state index in [0.29, 0.717) is 0 Å². The van der Waals surface area contributed by atoms with Gasteiger partial charge in [0.05, 0.1) is 5.69 Å². The largest absolute Gasteiger partial charge is 0.372 e. The summed E-state index contributed by atoms with van der Waals surface area (Å²) >= 11 is 1.86. The van der Waals surface area contributed by atoms with Crippen LogP contribution in [0.3, 0.4) is 0 Å². The lowest BCUT2D eigenvalue weighted by Gasteiger charge is -2.27. The number of nitrogens with zero attached hydrogens (tertiary/aromatic N) is 4. The summed E-state index contributed by atoms with van der Waals surface area (Å²) in [5.74, 6) is 0.170. The van der Waals surface area contributed by atoms with E-state index in [4.69, 9.17) is 4.98 Å². The summed E-state index contributed by atoms with van der Waals surface area (Å²) in [7, 11) is 0. The first kappa shape index (κ1) is 28.0. The molecule has 0 fully saturated rings. The van der Waals surface area contributed by atoms with Crippen molar-refractivity contribution in [1.29, 1.82) is 0 Å². The summed E-state index contributed by atoms with van der Waals surface area (Å²) in [4.78, 5) is 13.6. The van der Waals surface area contributed by atoms with Crippen LogP contribution >= 0.6 is 11.3 Å². The number of benzene rings is 2. The lowest BCUT2D eigenvalue weighted by Crippen LogP contribution is -2.22. The van der Waals surface area contributed by atoms with Crippen LogP contribution in [-0.2, 0) is 0 Å². The van der Waals surface area contributed by atoms with Gasteiger partial charge in [0.1, 0.15) is 0 Å². The topological polar surface area (TPSA) is 22.6 Å². The smallest absolute Gasteiger partial charge is 0.185 e. The third-order valence-corrected chi connectivity index (χ3v) is 8.79. The lowest BCUT2D eigenvalue weighted by molar-refractivity contribution is 0.855. The van der Waals surface area contributed by atoms with Crippen LogP contribution in [0.2, 0.25) is 0 Å². The van der Waals surface area contributed by atoms with Crippen LogP contribution in [0, 0.1) is 20.8 Å². The molecule has 0 aliphatic carbocycles. The minimum absolute atomic E-state index is 0.170. The van der Waals surface area contributed by atoms with Crippen molar-refractivity contribution in [2.24, 2.45) is 0 Å².